The Morgan fingerprint density at radius 2 is 2.25 bits per heavy atom. The molecule has 4 N–H and O–H groups in total. The SMILES string of the molecule is CCCCc1cc(NC(=O)C2CCC(C(N)=O)O2)n[nH]1. The molecule has 2 amide bonds. The molecule has 0 aromatic carbocycles. The summed E-state index contributed by atoms with van der Waals surface area (Å²) < 4.78 is 5.30. The van der Waals surface area contributed by atoms with Crippen LogP contribution >= 0.6 is 0 Å². The summed E-state index contributed by atoms with van der Waals surface area (Å²) in [5.74, 6) is -0.337. The fourth-order valence-corrected chi connectivity index (χ4v) is 2.17. The topological polar surface area (TPSA) is 110 Å². The summed E-state index contributed by atoms with van der Waals surface area (Å²) in [4.78, 5) is 22.9. The summed E-state index contributed by atoms with van der Waals surface area (Å²) in [6.45, 7) is 2.12. The van der Waals surface area contributed by atoms with E-state index in [4.69, 9.17) is 10.5 Å². The number of nitrogens with zero attached hydrogens (tertiary/aromatic N) is 1. The molecule has 7 heteroatoms. The smallest absolute Gasteiger partial charge is 0.254 e. The van der Waals surface area contributed by atoms with Gasteiger partial charge in [0.25, 0.3) is 5.91 Å². The van der Waals surface area contributed by atoms with E-state index >= 15 is 0 Å². The van der Waals surface area contributed by atoms with Crippen LogP contribution in [0.1, 0.15) is 38.3 Å². The van der Waals surface area contributed by atoms with Gasteiger partial charge in [0.05, 0.1) is 0 Å². The number of carbonyl (C=O) groups is 2. The highest BCUT2D eigenvalue weighted by Gasteiger charge is 2.33. The Kier molecular flexibility index (Phi) is 4.73. The summed E-state index contributed by atoms with van der Waals surface area (Å²) in [6, 6.07) is 1.81. The Labute approximate surface area is 117 Å². The zero-order valence-electron chi connectivity index (χ0n) is 11.5. The number of rotatable bonds is 6. The Balaban J connectivity index is 1.85. The van der Waals surface area contributed by atoms with Crippen molar-refractivity contribution in [3.05, 3.63) is 11.8 Å². The lowest BCUT2D eigenvalue weighted by atomic mass is 10.2. The van der Waals surface area contributed by atoms with Crippen molar-refractivity contribution in [2.45, 2.75) is 51.2 Å². The second kappa shape index (κ2) is 6.51. The fourth-order valence-electron chi connectivity index (χ4n) is 2.17. The minimum absolute atomic E-state index is 0.290. The molecule has 1 aromatic heterocycles. The third-order valence-corrected chi connectivity index (χ3v) is 3.31. The minimum atomic E-state index is -0.662. The third-order valence-electron chi connectivity index (χ3n) is 3.31. The van der Waals surface area contributed by atoms with Crippen molar-refractivity contribution in [1.29, 1.82) is 0 Å². The number of nitrogens with two attached hydrogens (primary N) is 1. The molecule has 2 atom stereocenters. The van der Waals surface area contributed by atoms with Gasteiger partial charge in [-0.2, -0.15) is 5.10 Å². The number of H-pyrrole nitrogens is 1. The lowest BCUT2D eigenvalue weighted by Gasteiger charge is -2.10. The van der Waals surface area contributed by atoms with Crippen molar-refractivity contribution in [1.82, 2.24) is 10.2 Å². The van der Waals surface area contributed by atoms with Gasteiger partial charge in [-0.05, 0) is 25.7 Å². The maximum Gasteiger partial charge on any atom is 0.254 e. The van der Waals surface area contributed by atoms with E-state index in [2.05, 4.69) is 22.4 Å². The van der Waals surface area contributed by atoms with Gasteiger partial charge in [-0.1, -0.05) is 13.3 Å². The van der Waals surface area contributed by atoms with Crippen LogP contribution in [0, 0.1) is 0 Å². The summed E-state index contributed by atoms with van der Waals surface area (Å²) in [5, 5.41) is 9.60. The number of aromatic nitrogens is 2. The highest BCUT2D eigenvalue weighted by molar-refractivity contribution is 5.94. The van der Waals surface area contributed by atoms with Gasteiger partial charge in [-0.25, -0.2) is 0 Å². The number of hydrogen-bond donors (Lipinski definition) is 3. The van der Waals surface area contributed by atoms with Gasteiger partial charge in [0.2, 0.25) is 5.91 Å². The van der Waals surface area contributed by atoms with Gasteiger partial charge in [0, 0.05) is 11.8 Å². The van der Waals surface area contributed by atoms with E-state index in [1.165, 1.54) is 0 Å². The van der Waals surface area contributed by atoms with Gasteiger partial charge in [0.15, 0.2) is 5.82 Å². The van der Waals surface area contributed by atoms with Crippen molar-refractivity contribution in [2.75, 3.05) is 5.32 Å². The quantitative estimate of drug-likeness (QED) is 0.713. The van der Waals surface area contributed by atoms with Crippen LogP contribution < -0.4 is 11.1 Å². The Hall–Kier alpha value is -1.89. The maximum atomic E-state index is 12.0. The molecule has 110 valence electrons. The molecule has 7 nitrogen and oxygen atoms in total. The molecule has 1 aliphatic heterocycles. The van der Waals surface area contributed by atoms with Crippen molar-refractivity contribution >= 4 is 17.6 Å². The number of amides is 2. The molecule has 1 aromatic rings. The van der Waals surface area contributed by atoms with Gasteiger partial charge >= 0.3 is 0 Å². The first kappa shape index (κ1) is 14.5. The predicted octanol–water partition coefficient (Wildman–Crippen LogP) is 0.724. The molecular weight excluding hydrogens is 260 g/mol. The lowest BCUT2D eigenvalue weighted by Crippen LogP contribution is -2.32. The van der Waals surface area contributed by atoms with Gasteiger partial charge < -0.3 is 15.8 Å². The van der Waals surface area contributed by atoms with Crippen LogP contribution in [-0.4, -0.2) is 34.2 Å². The average Bonchev–Trinajstić information content (AvgIpc) is 3.05. The minimum Gasteiger partial charge on any atom is -0.367 e. The summed E-state index contributed by atoms with van der Waals surface area (Å²) in [6.07, 6.45) is 2.76. The van der Waals surface area contributed by atoms with E-state index in [9.17, 15) is 9.59 Å². The van der Waals surface area contributed by atoms with E-state index in [1.54, 1.807) is 0 Å². The van der Waals surface area contributed by atoms with Crippen molar-refractivity contribution < 1.29 is 14.3 Å². The zero-order valence-corrected chi connectivity index (χ0v) is 11.5. The van der Waals surface area contributed by atoms with Gasteiger partial charge in [-0.3, -0.25) is 14.7 Å². The molecule has 0 spiro atoms. The molecule has 0 radical (unpaired) electrons. The molecule has 0 saturated carbocycles. The van der Waals surface area contributed by atoms with Crippen LogP contribution in [0.15, 0.2) is 6.07 Å². The van der Waals surface area contributed by atoms with Crippen LogP contribution in [0.2, 0.25) is 0 Å². The van der Waals surface area contributed by atoms with E-state index in [-0.39, 0.29) is 5.91 Å². The number of aromatic amines is 1. The second-order valence-corrected chi connectivity index (χ2v) is 4.96. The number of ether oxygens (including phenoxy) is 1. The third kappa shape index (κ3) is 3.57. The Morgan fingerprint density at radius 1 is 1.50 bits per heavy atom. The molecule has 2 heterocycles. The zero-order chi connectivity index (χ0) is 14.5. The Morgan fingerprint density at radius 3 is 2.90 bits per heavy atom. The van der Waals surface area contributed by atoms with Crippen LogP contribution in [0.5, 0.6) is 0 Å². The molecule has 2 rings (SSSR count). The standard InChI is InChI=1S/C13H20N4O3/c1-2-3-4-8-7-11(17-16-8)15-13(19)10-6-5-9(20-10)12(14)18/h7,9-10H,2-6H2,1H3,(H2,14,18)(H2,15,16,17,19). The molecular formula is C13H20N4O3. The second-order valence-electron chi connectivity index (χ2n) is 4.96. The Bertz CT molecular complexity index is 486. The maximum absolute atomic E-state index is 12.0. The number of primary amides is 1. The van der Waals surface area contributed by atoms with Gasteiger partial charge in [-0.15, -0.1) is 0 Å². The lowest BCUT2D eigenvalue weighted by molar-refractivity contribution is -0.134. The molecule has 20 heavy (non-hydrogen) atoms. The first-order valence-corrected chi connectivity index (χ1v) is 6.90. The monoisotopic (exact) mass is 280 g/mol. The van der Waals surface area contributed by atoms with E-state index in [0.29, 0.717) is 18.7 Å². The molecule has 0 aliphatic carbocycles. The summed E-state index contributed by atoms with van der Waals surface area (Å²) in [7, 11) is 0. The van der Waals surface area contributed by atoms with Gasteiger partial charge in [0.1, 0.15) is 12.2 Å². The highest BCUT2D eigenvalue weighted by Crippen LogP contribution is 2.20. The van der Waals surface area contributed by atoms with Crippen LogP contribution in [0.25, 0.3) is 0 Å². The first-order chi connectivity index (χ1) is 9.60. The number of nitrogens with one attached hydrogen (secondary N) is 2. The number of unbranched alkanes of at least 4 members (excludes halogenated alkanes) is 1. The predicted molar refractivity (Wildman–Crippen MR) is 72.9 cm³/mol. The molecule has 1 aliphatic rings. The van der Waals surface area contributed by atoms with Crippen molar-refractivity contribution in [3.8, 4) is 0 Å². The fraction of sp³-hybridized carbons (Fsp3) is 0.615. The highest BCUT2D eigenvalue weighted by atomic mass is 16.5. The van der Waals surface area contributed by atoms with Crippen molar-refractivity contribution in [2.24, 2.45) is 5.73 Å². The number of carbonyl (C=O) groups excluding carboxylic acids is 2. The summed E-state index contributed by atoms with van der Waals surface area (Å²) in [5.41, 5.74) is 6.14. The van der Waals surface area contributed by atoms with Crippen LogP contribution in [0.3, 0.4) is 0 Å². The average molecular weight is 280 g/mol. The van der Waals surface area contributed by atoms with Crippen molar-refractivity contribution in [3.63, 3.8) is 0 Å². The van der Waals surface area contributed by atoms with Crippen LogP contribution in [-0.2, 0) is 20.7 Å². The van der Waals surface area contributed by atoms with E-state index in [0.717, 1.165) is 25.0 Å². The first-order valence-electron chi connectivity index (χ1n) is 6.90. The molecule has 2 unspecified atom stereocenters. The number of anilines is 1. The normalized spacial score (nSPS) is 21.9. The molecule has 1 saturated heterocycles. The van der Waals surface area contributed by atoms with E-state index in [1.807, 2.05) is 6.07 Å². The van der Waals surface area contributed by atoms with E-state index < -0.39 is 18.1 Å². The number of hydrogen-bond acceptors (Lipinski definition) is 4. The molecule has 1 fully saturated rings. The number of aryl methyl sites for hydroxylation is 1. The summed E-state index contributed by atoms with van der Waals surface area (Å²) >= 11 is 0. The largest absolute Gasteiger partial charge is 0.367 e. The van der Waals surface area contributed by atoms with Crippen LogP contribution in [0.4, 0.5) is 5.82 Å². The molecule has 0 bridgehead atoms.